The van der Waals surface area contributed by atoms with Crippen molar-refractivity contribution in [3.63, 3.8) is 0 Å². The Hall–Kier alpha value is -2.82. The predicted molar refractivity (Wildman–Crippen MR) is 87.8 cm³/mol. The minimum absolute atomic E-state index is 0.170. The molecular formula is C18H19NO4. The smallest absolute Gasteiger partial charge is 0.349 e. The van der Waals surface area contributed by atoms with Crippen LogP contribution >= 0.6 is 0 Å². The van der Waals surface area contributed by atoms with E-state index in [0.717, 1.165) is 11.1 Å². The van der Waals surface area contributed by atoms with Crippen LogP contribution in [0, 0.1) is 13.8 Å². The van der Waals surface area contributed by atoms with Gasteiger partial charge in [-0.05, 0) is 49.2 Å². The van der Waals surface area contributed by atoms with Gasteiger partial charge in [-0.25, -0.2) is 4.79 Å². The van der Waals surface area contributed by atoms with Crippen molar-refractivity contribution < 1.29 is 19.1 Å². The van der Waals surface area contributed by atoms with Gasteiger partial charge in [-0.2, -0.15) is 0 Å². The van der Waals surface area contributed by atoms with E-state index in [-0.39, 0.29) is 12.5 Å². The number of esters is 1. The van der Waals surface area contributed by atoms with Crippen molar-refractivity contribution in [2.75, 3.05) is 11.9 Å². The highest BCUT2D eigenvalue weighted by Gasteiger charge is 2.08. The number of rotatable bonds is 5. The zero-order chi connectivity index (χ0) is 16.8. The molecule has 0 aromatic heterocycles. The molecule has 0 saturated heterocycles. The molecule has 0 heterocycles. The Labute approximate surface area is 135 Å². The largest absolute Gasteiger partial charge is 0.482 e. The summed E-state index contributed by atoms with van der Waals surface area (Å²) in [6.45, 7) is 5.09. The third-order valence-corrected chi connectivity index (χ3v) is 2.94. The molecule has 0 saturated carbocycles. The van der Waals surface area contributed by atoms with Gasteiger partial charge in [0, 0.05) is 18.7 Å². The maximum absolute atomic E-state index is 11.9. The zero-order valence-electron chi connectivity index (χ0n) is 13.4. The highest BCUT2D eigenvalue weighted by molar-refractivity contribution is 5.88. The Kier molecular flexibility index (Phi) is 5.36. The summed E-state index contributed by atoms with van der Waals surface area (Å²) in [6, 6.07) is 12.4. The van der Waals surface area contributed by atoms with Crippen LogP contribution in [0.5, 0.6) is 11.5 Å². The maximum Gasteiger partial charge on any atom is 0.349 e. The summed E-state index contributed by atoms with van der Waals surface area (Å²) < 4.78 is 10.7. The van der Waals surface area contributed by atoms with Crippen LogP contribution in [-0.4, -0.2) is 18.5 Å². The highest BCUT2D eigenvalue weighted by Crippen LogP contribution is 2.18. The van der Waals surface area contributed by atoms with Crippen molar-refractivity contribution in [3.05, 3.63) is 53.6 Å². The normalized spacial score (nSPS) is 10.0. The second kappa shape index (κ2) is 7.45. The number of carbonyl (C=O) groups excluding carboxylic acids is 2. The third kappa shape index (κ3) is 5.47. The number of nitrogens with one attached hydrogen (secondary N) is 1. The van der Waals surface area contributed by atoms with Gasteiger partial charge in [0.05, 0.1) is 0 Å². The standard InChI is InChI=1S/C18H19NO4/c1-12-7-13(2)9-17(8-12)23-18(21)11-22-16-6-4-5-15(10-16)19-14(3)20/h4-10H,11H2,1-3H3,(H,19,20). The quantitative estimate of drug-likeness (QED) is 0.680. The fraction of sp³-hybridized carbons (Fsp3) is 0.222. The van der Waals surface area contributed by atoms with Crippen LogP contribution in [0.1, 0.15) is 18.1 Å². The van der Waals surface area contributed by atoms with Crippen LogP contribution < -0.4 is 14.8 Å². The first-order valence-electron chi connectivity index (χ1n) is 7.22. The monoisotopic (exact) mass is 313 g/mol. The molecule has 120 valence electrons. The van der Waals surface area contributed by atoms with Crippen LogP contribution in [0.15, 0.2) is 42.5 Å². The molecule has 0 spiro atoms. The zero-order valence-corrected chi connectivity index (χ0v) is 13.4. The summed E-state index contributed by atoms with van der Waals surface area (Å²) in [5.41, 5.74) is 2.66. The third-order valence-electron chi connectivity index (χ3n) is 2.94. The second-order valence-electron chi connectivity index (χ2n) is 5.30. The van der Waals surface area contributed by atoms with Gasteiger partial charge >= 0.3 is 5.97 Å². The predicted octanol–water partition coefficient (Wildman–Crippen LogP) is 3.25. The number of hydrogen-bond acceptors (Lipinski definition) is 4. The van der Waals surface area contributed by atoms with Gasteiger partial charge in [0.2, 0.25) is 5.91 Å². The summed E-state index contributed by atoms with van der Waals surface area (Å²) in [7, 11) is 0. The van der Waals surface area contributed by atoms with Crippen LogP contribution in [0.3, 0.4) is 0 Å². The minimum atomic E-state index is -0.486. The lowest BCUT2D eigenvalue weighted by Gasteiger charge is -2.09. The fourth-order valence-electron chi connectivity index (χ4n) is 2.16. The molecule has 0 aliphatic carbocycles. The van der Waals surface area contributed by atoms with Gasteiger partial charge in [0.1, 0.15) is 11.5 Å². The minimum Gasteiger partial charge on any atom is -0.482 e. The molecule has 0 unspecified atom stereocenters. The molecule has 2 rings (SSSR count). The van der Waals surface area contributed by atoms with Gasteiger partial charge in [-0.3, -0.25) is 4.79 Å². The Balaban J connectivity index is 1.92. The van der Waals surface area contributed by atoms with Crippen molar-refractivity contribution in [2.45, 2.75) is 20.8 Å². The van der Waals surface area contributed by atoms with E-state index in [4.69, 9.17) is 9.47 Å². The van der Waals surface area contributed by atoms with Gasteiger partial charge in [-0.15, -0.1) is 0 Å². The lowest BCUT2D eigenvalue weighted by Crippen LogP contribution is -2.18. The first kappa shape index (κ1) is 16.5. The summed E-state index contributed by atoms with van der Waals surface area (Å²) in [5.74, 6) is 0.327. The molecule has 23 heavy (non-hydrogen) atoms. The van der Waals surface area contributed by atoms with E-state index < -0.39 is 5.97 Å². The molecule has 2 aromatic carbocycles. The molecular weight excluding hydrogens is 294 g/mol. The first-order valence-corrected chi connectivity index (χ1v) is 7.22. The van der Waals surface area contributed by atoms with E-state index in [0.29, 0.717) is 17.2 Å². The van der Waals surface area contributed by atoms with E-state index in [1.165, 1.54) is 6.92 Å². The highest BCUT2D eigenvalue weighted by atomic mass is 16.6. The van der Waals surface area contributed by atoms with E-state index >= 15 is 0 Å². The number of carbonyl (C=O) groups is 2. The Morgan fingerprint density at radius 1 is 1.00 bits per heavy atom. The van der Waals surface area contributed by atoms with E-state index in [1.807, 2.05) is 19.9 Å². The number of anilines is 1. The number of amides is 1. The Bertz CT molecular complexity index is 704. The average molecular weight is 313 g/mol. The number of aryl methyl sites for hydroxylation is 2. The molecule has 0 aliphatic rings. The van der Waals surface area contributed by atoms with Crippen molar-refractivity contribution in [1.29, 1.82) is 0 Å². The Morgan fingerprint density at radius 3 is 2.35 bits per heavy atom. The SMILES string of the molecule is CC(=O)Nc1cccc(OCC(=O)Oc2cc(C)cc(C)c2)c1. The van der Waals surface area contributed by atoms with Gasteiger partial charge in [0.25, 0.3) is 0 Å². The van der Waals surface area contributed by atoms with E-state index in [2.05, 4.69) is 5.32 Å². The first-order chi connectivity index (χ1) is 10.9. The van der Waals surface area contributed by atoms with Crippen molar-refractivity contribution in [3.8, 4) is 11.5 Å². The van der Waals surface area contributed by atoms with Crippen LogP contribution in [0.2, 0.25) is 0 Å². The molecule has 0 aliphatic heterocycles. The maximum atomic E-state index is 11.9. The molecule has 0 atom stereocenters. The molecule has 5 heteroatoms. The summed E-state index contributed by atoms with van der Waals surface area (Å²) in [6.07, 6.45) is 0. The molecule has 5 nitrogen and oxygen atoms in total. The average Bonchev–Trinajstić information content (AvgIpc) is 2.43. The lowest BCUT2D eigenvalue weighted by atomic mass is 10.1. The summed E-state index contributed by atoms with van der Waals surface area (Å²) in [4.78, 5) is 22.9. The summed E-state index contributed by atoms with van der Waals surface area (Å²) >= 11 is 0. The van der Waals surface area contributed by atoms with Gasteiger partial charge in [-0.1, -0.05) is 12.1 Å². The second-order valence-corrected chi connectivity index (χ2v) is 5.30. The van der Waals surface area contributed by atoms with Crippen LogP contribution in [0.4, 0.5) is 5.69 Å². The topological polar surface area (TPSA) is 64.6 Å². The molecule has 0 fully saturated rings. The van der Waals surface area contributed by atoms with Gasteiger partial charge in [0.15, 0.2) is 6.61 Å². The van der Waals surface area contributed by atoms with E-state index in [1.54, 1.807) is 36.4 Å². The number of hydrogen-bond donors (Lipinski definition) is 1. The van der Waals surface area contributed by atoms with Crippen molar-refractivity contribution in [1.82, 2.24) is 0 Å². The van der Waals surface area contributed by atoms with Gasteiger partial charge < -0.3 is 14.8 Å². The van der Waals surface area contributed by atoms with Crippen LogP contribution in [0.25, 0.3) is 0 Å². The summed E-state index contributed by atoms with van der Waals surface area (Å²) in [5, 5.41) is 2.65. The Morgan fingerprint density at radius 2 is 1.70 bits per heavy atom. The molecule has 0 bridgehead atoms. The number of ether oxygens (including phenoxy) is 2. The van der Waals surface area contributed by atoms with Crippen molar-refractivity contribution >= 4 is 17.6 Å². The van der Waals surface area contributed by atoms with Crippen molar-refractivity contribution in [2.24, 2.45) is 0 Å². The number of benzene rings is 2. The molecule has 2 aromatic rings. The molecule has 0 radical (unpaired) electrons. The molecule has 1 amide bonds. The molecule has 1 N–H and O–H groups in total. The van der Waals surface area contributed by atoms with Crippen LogP contribution in [-0.2, 0) is 9.59 Å². The lowest BCUT2D eigenvalue weighted by molar-refractivity contribution is -0.136. The van der Waals surface area contributed by atoms with E-state index in [9.17, 15) is 9.59 Å². The fourth-order valence-corrected chi connectivity index (χ4v) is 2.16.